The predicted octanol–water partition coefficient (Wildman–Crippen LogP) is 3.42. The zero-order valence-corrected chi connectivity index (χ0v) is 16.2. The molecule has 0 spiro atoms. The molecule has 3 aromatic rings. The topological polar surface area (TPSA) is 62.3 Å². The number of rotatable bonds is 3. The molecule has 2 unspecified atom stereocenters. The van der Waals surface area contributed by atoms with Gasteiger partial charge in [-0.15, -0.1) is 11.8 Å². The summed E-state index contributed by atoms with van der Waals surface area (Å²) in [5.41, 5.74) is 4.88. The van der Waals surface area contributed by atoms with Crippen molar-refractivity contribution in [1.29, 1.82) is 0 Å². The van der Waals surface area contributed by atoms with Gasteiger partial charge in [-0.05, 0) is 29.8 Å². The largest absolute Gasteiger partial charge is 0.271 e. The quantitative estimate of drug-likeness (QED) is 0.686. The lowest BCUT2D eigenvalue weighted by molar-refractivity contribution is -0.131. The number of nitrogens with zero attached hydrogens (tertiary/aromatic N) is 2. The van der Waals surface area contributed by atoms with Crippen LogP contribution < -0.4 is 5.43 Å². The van der Waals surface area contributed by atoms with Crippen LogP contribution in [-0.2, 0) is 4.79 Å². The van der Waals surface area contributed by atoms with E-state index in [2.05, 4.69) is 22.3 Å². The third-order valence-electron chi connectivity index (χ3n) is 4.31. The highest BCUT2D eigenvalue weighted by atomic mass is 32.2. The molecule has 2 atom stereocenters. The molecule has 6 heteroatoms. The Labute approximate surface area is 173 Å². The second-order valence-electron chi connectivity index (χ2n) is 6.31. The van der Waals surface area contributed by atoms with Crippen LogP contribution in [0.3, 0.4) is 0 Å². The predicted molar refractivity (Wildman–Crippen MR) is 112 cm³/mol. The smallest absolute Gasteiger partial charge is 0.271 e. The van der Waals surface area contributed by atoms with Gasteiger partial charge in [0.05, 0.1) is 5.56 Å². The number of hydrogen-bond acceptors (Lipinski definition) is 4. The van der Waals surface area contributed by atoms with Crippen LogP contribution in [0.1, 0.15) is 26.9 Å². The van der Waals surface area contributed by atoms with Crippen molar-refractivity contribution < 1.29 is 9.59 Å². The minimum absolute atomic E-state index is 0.246. The lowest BCUT2D eigenvalue weighted by Crippen LogP contribution is -2.45. The van der Waals surface area contributed by atoms with Crippen LogP contribution in [0.2, 0.25) is 0 Å². The van der Waals surface area contributed by atoms with E-state index in [0.717, 1.165) is 11.1 Å². The van der Waals surface area contributed by atoms with Crippen molar-refractivity contribution in [2.24, 2.45) is 0 Å². The molecule has 1 fully saturated rings. The van der Waals surface area contributed by atoms with Crippen molar-refractivity contribution >= 4 is 23.6 Å². The fourth-order valence-electron chi connectivity index (χ4n) is 2.89. The van der Waals surface area contributed by atoms with Gasteiger partial charge in [0, 0.05) is 18.0 Å². The minimum atomic E-state index is -0.574. The van der Waals surface area contributed by atoms with Crippen molar-refractivity contribution in [2.45, 2.75) is 10.6 Å². The third kappa shape index (κ3) is 4.31. The van der Waals surface area contributed by atoms with Gasteiger partial charge in [-0.3, -0.25) is 20.0 Å². The summed E-state index contributed by atoms with van der Waals surface area (Å²) in [6.07, 6.45) is 3.06. The van der Waals surface area contributed by atoms with Crippen molar-refractivity contribution in [1.82, 2.24) is 15.4 Å². The average molecular weight is 399 g/mol. The maximum atomic E-state index is 13.0. The molecule has 29 heavy (non-hydrogen) atoms. The fourth-order valence-corrected chi connectivity index (χ4v) is 4.09. The molecule has 2 aromatic carbocycles. The monoisotopic (exact) mass is 399 g/mol. The number of thioether (sulfide) groups is 1. The second-order valence-corrected chi connectivity index (χ2v) is 7.50. The first-order valence-corrected chi connectivity index (χ1v) is 9.98. The summed E-state index contributed by atoms with van der Waals surface area (Å²) in [5, 5.41) is 0.439. The SMILES string of the molecule is O=C(NN1C(=O)C(C#Cc2ccccc2)SC1c1ccccc1)c1cccnc1. The summed E-state index contributed by atoms with van der Waals surface area (Å²) in [6.45, 7) is 0. The van der Waals surface area contributed by atoms with E-state index in [1.807, 2.05) is 60.7 Å². The maximum Gasteiger partial charge on any atom is 0.271 e. The summed E-state index contributed by atoms with van der Waals surface area (Å²) in [5.74, 6) is 5.47. The average Bonchev–Trinajstić information content (AvgIpc) is 3.09. The summed E-state index contributed by atoms with van der Waals surface area (Å²) in [4.78, 5) is 29.6. The lowest BCUT2D eigenvalue weighted by atomic mass is 10.2. The molecule has 0 aliphatic carbocycles. The molecule has 1 aliphatic rings. The molecule has 1 aromatic heterocycles. The van der Waals surface area contributed by atoms with E-state index >= 15 is 0 Å². The van der Waals surface area contributed by atoms with Gasteiger partial charge < -0.3 is 0 Å². The van der Waals surface area contributed by atoms with E-state index in [1.54, 1.807) is 18.3 Å². The third-order valence-corrected chi connectivity index (χ3v) is 5.65. The first-order valence-electron chi connectivity index (χ1n) is 9.03. The van der Waals surface area contributed by atoms with Crippen LogP contribution in [0, 0.1) is 11.8 Å². The Bertz CT molecular complexity index is 1060. The normalized spacial score (nSPS) is 18.1. The van der Waals surface area contributed by atoms with Gasteiger partial charge in [0.15, 0.2) is 0 Å². The highest BCUT2D eigenvalue weighted by Gasteiger charge is 2.41. The Kier molecular flexibility index (Phi) is 5.59. The van der Waals surface area contributed by atoms with Crippen LogP contribution in [0.15, 0.2) is 85.2 Å². The maximum absolute atomic E-state index is 13.0. The number of benzene rings is 2. The number of hydrazine groups is 1. The van der Waals surface area contributed by atoms with Gasteiger partial charge in [-0.2, -0.15) is 0 Å². The molecule has 1 saturated heterocycles. The van der Waals surface area contributed by atoms with Crippen molar-refractivity contribution in [3.8, 4) is 11.8 Å². The van der Waals surface area contributed by atoms with E-state index in [4.69, 9.17) is 0 Å². The van der Waals surface area contributed by atoms with Crippen LogP contribution in [-0.4, -0.2) is 27.1 Å². The molecule has 5 nitrogen and oxygen atoms in total. The van der Waals surface area contributed by atoms with Gasteiger partial charge in [0.1, 0.15) is 10.6 Å². The first kappa shape index (κ1) is 18.8. The molecule has 0 radical (unpaired) electrons. The van der Waals surface area contributed by atoms with E-state index < -0.39 is 5.25 Å². The van der Waals surface area contributed by atoms with Gasteiger partial charge in [-0.1, -0.05) is 60.4 Å². The molecular weight excluding hydrogens is 382 g/mol. The summed E-state index contributed by atoms with van der Waals surface area (Å²) in [6, 6.07) is 22.4. The van der Waals surface area contributed by atoms with Crippen molar-refractivity contribution in [3.63, 3.8) is 0 Å². The van der Waals surface area contributed by atoms with Gasteiger partial charge in [0.2, 0.25) is 0 Å². The number of carbonyl (C=O) groups is 2. The Balaban J connectivity index is 1.61. The van der Waals surface area contributed by atoms with Gasteiger partial charge in [0.25, 0.3) is 11.8 Å². The molecule has 142 valence electrons. The summed E-state index contributed by atoms with van der Waals surface area (Å²) in [7, 11) is 0. The van der Waals surface area contributed by atoms with E-state index in [9.17, 15) is 9.59 Å². The Hall–Kier alpha value is -3.56. The zero-order chi connectivity index (χ0) is 20.1. The lowest BCUT2D eigenvalue weighted by Gasteiger charge is -2.24. The Morgan fingerprint density at radius 2 is 1.72 bits per heavy atom. The Morgan fingerprint density at radius 3 is 2.41 bits per heavy atom. The standard InChI is InChI=1S/C23H17N3O2S/c27-21(19-12-7-15-24-16-19)25-26-22(28)20(14-13-17-8-3-1-4-9-17)29-23(26)18-10-5-2-6-11-18/h1-12,15-16,20,23H,(H,25,27). The van der Waals surface area contributed by atoms with Crippen molar-refractivity contribution in [2.75, 3.05) is 0 Å². The second kappa shape index (κ2) is 8.63. The Morgan fingerprint density at radius 1 is 1.00 bits per heavy atom. The number of amides is 2. The van der Waals surface area contributed by atoms with Crippen LogP contribution >= 0.6 is 11.8 Å². The highest BCUT2D eigenvalue weighted by molar-refractivity contribution is 8.01. The van der Waals surface area contributed by atoms with Crippen LogP contribution in [0.5, 0.6) is 0 Å². The number of hydrogen-bond donors (Lipinski definition) is 1. The fraction of sp³-hybridized carbons (Fsp3) is 0.0870. The number of nitrogens with one attached hydrogen (secondary N) is 1. The van der Waals surface area contributed by atoms with E-state index in [1.165, 1.54) is 23.0 Å². The number of pyridine rings is 1. The van der Waals surface area contributed by atoms with E-state index in [0.29, 0.717) is 5.56 Å². The van der Waals surface area contributed by atoms with E-state index in [-0.39, 0.29) is 17.2 Å². The highest BCUT2D eigenvalue weighted by Crippen LogP contribution is 2.41. The number of carbonyl (C=O) groups excluding carboxylic acids is 2. The molecule has 4 rings (SSSR count). The molecule has 1 aliphatic heterocycles. The molecule has 1 N–H and O–H groups in total. The molecule has 2 amide bonds. The number of aromatic nitrogens is 1. The molecule has 2 heterocycles. The van der Waals surface area contributed by atoms with Crippen LogP contribution in [0.25, 0.3) is 0 Å². The summed E-state index contributed by atoms with van der Waals surface area (Å²) >= 11 is 1.41. The summed E-state index contributed by atoms with van der Waals surface area (Å²) < 4.78 is 0. The van der Waals surface area contributed by atoms with Crippen LogP contribution in [0.4, 0.5) is 0 Å². The van der Waals surface area contributed by atoms with Gasteiger partial charge >= 0.3 is 0 Å². The molecule has 0 bridgehead atoms. The van der Waals surface area contributed by atoms with Crippen molar-refractivity contribution in [3.05, 3.63) is 102 Å². The molecule has 0 saturated carbocycles. The minimum Gasteiger partial charge on any atom is -0.271 e. The zero-order valence-electron chi connectivity index (χ0n) is 15.4. The molecular formula is C23H17N3O2S. The van der Waals surface area contributed by atoms with Gasteiger partial charge in [-0.25, -0.2) is 5.01 Å². The first-order chi connectivity index (χ1) is 14.2.